The standard InChI is InChI=1S/C7H9N3O/c1-3-7(11)6-5-8-9-10(6)4-2/h3,5H,1,4H2,2H3. The number of allylic oxidation sites excluding steroid dienone is 1. The van der Waals surface area contributed by atoms with Gasteiger partial charge in [0.15, 0.2) is 0 Å². The molecule has 0 aromatic carbocycles. The number of hydrogen-bond acceptors (Lipinski definition) is 3. The second-order valence-corrected chi connectivity index (χ2v) is 2.00. The molecule has 0 atom stereocenters. The van der Waals surface area contributed by atoms with Gasteiger partial charge in [-0.2, -0.15) is 0 Å². The van der Waals surface area contributed by atoms with E-state index >= 15 is 0 Å². The lowest BCUT2D eigenvalue weighted by Gasteiger charge is -1.96. The molecule has 0 saturated heterocycles. The number of ketones is 1. The van der Waals surface area contributed by atoms with Crippen LogP contribution in [0.5, 0.6) is 0 Å². The molecule has 0 bridgehead atoms. The molecule has 0 aliphatic rings. The molecule has 0 amide bonds. The Morgan fingerprint density at radius 3 is 3.18 bits per heavy atom. The first-order valence-corrected chi connectivity index (χ1v) is 3.34. The van der Waals surface area contributed by atoms with Gasteiger partial charge in [0.05, 0.1) is 6.20 Å². The Hall–Kier alpha value is -1.45. The molecule has 0 fully saturated rings. The van der Waals surface area contributed by atoms with Crippen molar-refractivity contribution in [1.82, 2.24) is 15.0 Å². The molecule has 0 saturated carbocycles. The van der Waals surface area contributed by atoms with Gasteiger partial charge >= 0.3 is 0 Å². The molecular weight excluding hydrogens is 142 g/mol. The first kappa shape index (κ1) is 7.65. The van der Waals surface area contributed by atoms with Gasteiger partial charge in [0.1, 0.15) is 5.69 Å². The van der Waals surface area contributed by atoms with Crippen molar-refractivity contribution in [2.45, 2.75) is 13.5 Å². The fraction of sp³-hybridized carbons (Fsp3) is 0.286. The topological polar surface area (TPSA) is 47.8 Å². The van der Waals surface area contributed by atoms with Crippen LogP contribution in [0.2, 0.25) is 0 Å². The second-order valence-electron chi connectivity index (χ2n) is 2.00. The van der Waals surface area contributed by atoms with E-state index in [-0.39, 0.29) is 5.78 Å². The van der Waals surface area contributed by atoms with E-state index in [1.165, 1.54) is 17.0 Å². The largest absolute Gasteiger partial charge is 0.288 e. The van der Waals surface area contributed by atoms with Crippen molar-refractivity contribution in [1.29, 1.82) is 0 Å². The van der Waals surface area contributed by atoms with Crippen LogP contribution in [0.15, 0.2) is 18.9 Å². The fourth-order valence-corrected chi connectivity index (χ4v) is 0.787. The number of aryl methyl sites for hydroxylation is 1. The van der Waals surface area contributed by atoms with E-state index in [0.717, 1.165) is 0 Å². The van der Waals surface area contributed by atoms with E-state index in [9.17, 15) is 4.79 Å². The minimum Gasteiger partial charge on any atom is -0.288 e. The SMILES string of the molecule is C=CC(=O)c1cnnn1CC. The smallest absolute Gasteiger partial charge is 0.204 e. The summed E-state index contributed by atoms with van der Waals surface area (Å²) < 4.78 is 1.53. The summed E-state index contributed by atoms with van der Waals surface area (Å²) in [5.41, 5.74) is 0.488. The highest BCUT2D eigenvalue weighted by atomic mass is 16.1. The van der Waals surface area contributed by atoms with Gasteiger partial charge < -0.3 is 0 Å². The number of nitrogens with zero attached hydrogens (tertiary/aromatic N) is 3. The van der Waals surface area contributed by atoms with Crippen LogP contribution in [-0.2, 0) is 6.54 Å². The number of rotatable bonds is 3. The highest BCUT2D eigenvalue weighted by Crippen LogP contribution is 1.97. The van der Waals surface area contributed by atoms with Crippen molar-refractivity contribution in [3.8, 4) is 0 Å². The molecule has 1 aromatic heterocycles. The molecule has 11 heavy (non-hydrogen) atoms. The van der Waals surface area contributed by atoms with Crippen LogP contribution >= 0.6 is 0 Å². The van der Waals surface area contributed by atoms with E-state index in [1.54, 1.807) is 0 Å². The molecule has 0 spiro atoms. The molecule has 1 rings (SSSR count). The summed E-state index contributed by atoms with van der Waals surface area (Å²) in [4.78, 5) is 11.0. The summed E-state index contributed by atoms with van der Waals surface area (Å²) in [6.07, 6.45) is 2.69. The van der Waals surface area contributed by atoms with Crippen LogP contribution in [0.1, 0.15) is 17.4 Å². The van der Waals surface area contributed by atoms with E-state index in [0.29, 0.717) is 12.2 Å². The fourth-order valence-electron chi connectivity index (χ4n) is 0.787. The zero-order valence-electron chi connectivity index (χ0n) is 6.32. The third-order valence-corrected chi connectivity index (χ3v) is 1.36. The van der Waals surface area contributed by atoms with E-state index in [4.69, 9.17) is 0 Å². The second kappa shape index (κ2) is 3.09. The first-order valence-electron chi connectivity index (χ1n) is 3.34. The highest BCUT2D eigenvalue weighted by Gasteiger charge is 2.07. The molecule has 0 N–H and O–H groups in total. The quantitative estimate of drug-likeness (QED) is 0.471. The summed E-state index contributed by atoms with van der Waals surface area (Å²) in [6, 6.07) is 0. The Bertz CT molecular complexity index is 277. The van der Waals surface area contributed by atoms with Crippen molar-refractivity contribution in [2.75, 3.05) is 0 Å². The van der Waals surface area contributed by atoms with Crippen LogP contribution in [-0.4, -0.2) is 20.8 Å². The van der Waals surface area contributed by atoms with Gasteiger partial charge in [-0.05, 0) is 13.0 Å². The summed E-state index contributed by atoms with van der Waals surface area (Å²) in [5.74, 6) is -0.142. The van der Waals surface area contributed by atoms with Crippen LogP contribution in [0.25, 0.3) is 0 Å². The Labute approximate surface area is 64.5 Å². The van der Waals surface area contributed by atoms with Crippen LogP contribution in [0, 0.1) is 0 Å². The lowest BCUT2D eigenvalue weighted by molar-refractivity contribution is 0.103. The van der Waals surface area contributed by atoms with E-state index in [1.807, 2.05) is 6.92 Å². The maximum Gasteiger partial charge on any atom is 0.204 e. The van der Waals surface area contributed by atoms with E-state index < -0.39 is 0 Å². The predicted octanol–water partition coefficient (Wildman–Crippen LogP) is 0.667. The van der Waals surface area contributed by atoms with Gasteiger partial charge in [-0.25, -0.2) is 4.68 Å². The van der Waals surface area contributed by atoms with Crippen molar-refractivity contribution in [2.24, 2.45) is 0 Å². The average Bonchev–Trinajstić information content (AvgIpc) is 2.50. The molecule has 0 unspecified atom stereocenters. The molecule has 1 heterocycles. The minimum absolute atomic E-state index is 0.142. The highest BCUT2D eigenvalue weighted by molar-refractivity contribution is 6.02. The summed E-state index contributed by atoms with van der Waals surface area (Å²) >= 11 is 0. The average molecular weight is 151 g/mol. The van der Waals surface area contributed by atoms with Crippen LogP contribution in [0.4, 0.5) is 0 Å². The zero-order chi connectivity index (χ0) is 8.27. The number of hydrogen-bond donors (Lipinski definition) is 0. The van der Waals surface area contributed by atoms with Gasteiger partial charge in [-0.3, -0.25) is 4.79 Å². The lowest BCUT2D eigenvalue weighted by atomic mass is 10.3. The van der Waals surface area contributed by atoms with Crippen molar-refractivity contribution in [3.63, 3.8) is 0 Å². The maximum absolute atomic E-state index is 11.0. The Morgan fingerprint density at radius 1 is 1.91 bits per heavy atom. The zero-order valence-corrected chi connectivity index (χ0v) is 6.32. The lowest BCUT2D eigenvalue weighted by Crippen LogP contribution is -2.06. The third-order valence-electron chi connectivity index (χ3n) is 1.36. The van der Waals surface area contributed by atoms with Crippen molar-refractivity contribution in [3.05, 3.63) is 24.5 Å². The first-order chi connectivity index (χ1) is 5.29. The van der Waals surface area contributed by atoms with Gasteiger partial charge in [0.25, 0.3) is 0 Å². The van der Waals surface area contributed by atoms with Crippen LogP contribution in [0.3, 0.4) is 0 Å². The molecule has 4 heteroatoms. The monoisotopic (exact) mass is 151 g/mol. The molecule has 0 aliphatic carbocycles. The molecule has 4 nitrogen and oxygen atoms in total. The van der Waals surface area contributed by atoms with Crippen molar-refractivity contribution < 1.29 is 4.79 Å². The van der Waals surface area contributed by atoms with Gasteiger partial charge in [0.2, 0.25) is 5.78 Å². The summed E-state index contributed by atoms with van der Waals surface area (Å²) in [6.45, 7) is 5.92. The number of carbonyl (C=O) groups is 1. The van der Waals surface area contributed by atoms with Crippen LogP contribution < -0.4 is 0 Å². The molecule has 58 valence electrons. The van der Waals surface area contributed by atoms with Gasteiger partial charge in [0, 0.05) is 6.54 Å². The molecule has 0 radical (unpaired) electrons. The minimum atomic E-state index is -0.142. The normalized spacial score (nSPS) is 9.55. The van der Waals surface area contributed by atoms with Gasteiger partial charge in [-0.1, -0.05) is 11.8 Å². The third kappa shape index (κ3) is 1.34. The summed E-state index contributed by atoms with van der Waals surface area (Å²) in [5, 5.41) is 7.31. The maximum atomic E-state index is 11.0. The van der Waals surface area contributed by atoms with E-state index in [2.05, 4.69) is 16.9 Å². The molecule has 1 aromatic rings. The Balaban J connectivity index is 3.01. The Morgan fingerprint density at radius 2 is 2.64 bits per heavy atom. The number of aromatic nitrogens is 3. The molecular formula is C7H9N3O. The van der Waals surface area contributed by atoms with Gasteiger partial charge in [-0.15, -0.1) is 5.10 Å². The predicted molar refractivity (Wildman–Crippen MR) is 40.2 cm³/mol. The molecule has 0 aliphatic heterocycles. The Kier molecular flexibility index (Phi) is 2.15. The van der Waals surface area contributed by atoms with Crippen molar-refractivity contribution >= 4 is 5.78 Å². The number of carbonyl (C=O) groups excluding carboxylic acids is 1. The summed E-state index contributed by atoms with van der Waals surface area (Å²) in [7, 11) is 0.